The molecule has 46 heavy (non-hydrogen) atoms. The van der Waals surface area contributed by atoms with Crippen LogP contribution in [0.3, 0.4) is 0 Å². The van der Waals surface area contributed by atoms with Gasteiger partial charge in [0.2, 0.25) is 0 Å². The quantitative estimate of drug-likeness (QED) is 0.235. The van der Waals surface area contributed by atoms with Crippen molar-refractivity contribution in [3.63, 3.8) is 0 Å². The molecule has 0 amide bonds. The van der Waals surface area contributed by atoms with Gasteiger partial charge in [0.1, 0.15) is 23.8 Å². The second-order valence-corrected chi connectivity index (χ2v) is 16.1. The average Bonchev–Trinajstić information content (AvgIpc) is 3.03. The Balaban J connectivity index is 1.40. The molecule has 2 radical (unpaired) electrons. The summed E-state index contributed by atoms with van der Waals surface area (Å²) in [6.45, 7) is 10.3. The number of hydrogen-bond donors (Lipinski definition) is 2. The van der Waals surface area contributed by atoms with Gasteiger partial charge in [-0.25, -0.2) is 23.1 Å². The van der Waals surface area contributed by atoms with E-state index in [0.717, 1.165) is 86.4 Å². The summed E-state index contributed by atoms with van der Waals surface area (Å²) in [6, 6.07) is 4.30. The Hall–Kier alpha value is -2.11. The van der Waals surface area contributed by atoms with Crippen molar-refractivity contribution in [3.8, 4) is 0 Å². The number of piperidine rings is 1. The number of fused-ring (bicyclic) bond motifs is 9. The molecule has 2 fully saturated rings. The smallest absolute Gasteiger partial charge is 0.276 e. The Morgan fingerprint density at radius 2 is 1.78 bits per heavy atom. The Morgan fingerprint density at radius 1 is 1.04 bits per heavy atom. The topological polar surface area (TPSA) is 44.3 Å². The van der Waals surface area contributed by atoms with Gasteiger partial charge in [-0.1, -0.05) is 31.7 Å². The summed E-state index contributed by atoms with van der Waals surface area (Å²) in [5.74, 6) is -0.255. The lowest BCUT2D eigenvalue weighted by Gasteiger charge is -2.46. The fraction of sp³-hybridized carbons (Fsp3) is 0.600. The van der Waals surface area contributed by atoms with Crippen LogP contribution < -0.4 is 10.2 Å². The predicted octanol–water partition coefficient (Wildman–Crippen LogP) is 8.39. The van der Waals surface area contributed by atoms with Crippen LogP contribution in [0.15, 0.2) is 42.4 Å². The van der Waals surface area contributed by atoms with E-state index in [-0.39, 0.29) is 24.4 Å². The van der Waals surface area contributed by atoms with Gasteiger partial charge in [0.25, 0.3) is 5.92 Å². The fourth-order valence-corrected chi connectivity index (χ4v) is 9.18. The molecular weight excluding hydrogens is 622 g/mol. The van der Waals surface area contributed by atoms with E-state index in [2.05, 4.69) is 46.6 Å². The van der Waals surface area contributed by atoms with Gasteiger partial charge < -0.3 is 15.1 Å². The highest BCUT2D eigenvalue weighted by molar-refractivity contribution is 7.99. The molecule has 5 aliphatic heterocycles. The highest BCUT2D eigenvalue weighted by Crippen LogP contribution is 2.47. The Kier molecular flexibility index (Phi) is 9.86. The van der Waals surface area contributed by atoms with Crippen LogP contribution in [0.5, 0.6) is 0 Å². The SMILES string of the molecule is [B]C1(C)CCCC(C)(S)N2C(=C)C(C3CCSCC3)=Cc3c(ncnc32)NCc2cccc(c2F)C(F)(F)CCC2CCN1CC2. The first-order valence-electron chi connectivity index (χ1n) is 16.7. The van der Waals surface area contributed by atoms with E-state index in [4.69, 9.17) is 25.5 Å². The molecule has 0 spiro atoms. The van der Waals surface area contributed by atoms with Crippen LogP contribution in [-0.2, 0) is 12.5 Å². The highest BCUT2D eigenvalue weighted by atomic mass is 32.2. The first-order valence-corrected chi connectivity index (χ1v) is 18.3. The van der Waals surface area contributed by atoms with E-state index < -0.39 is 27.6 Å². The van der Waals surface area contributed by atoms with E-state index in [0.29, 0.717) is 24.0 Å². The number of anilines is 2. The summed E-state index contributed by atoms with van der Waals surface area (Å²) >= 11 is 7.24. The number of thiol groups is 1. The van der Waals surface area contributed by atoms with Gasteiger partial charge in [0.15, 0.2) is 0 Å². The maximum atomic E-state index is 15.8. The van der Waals surface area contributed by atoms with Gasteiger partial charge in [0, 0.05) is 24.2 Å². The van der Waals surface area contributed by atoms with Crippen LogP contribution in [0.25, 0.3) is 6.08 Å². The molecule has 7 rings (SSSR count). The van der Waals surface area contributed by atoms with Gasteiger partial charge in [-0.2, -0.15) is 24.4 Å². The zero-order valence-electron chi connectivity index (χ0n) is 27.0. The highest BCUT2D eigenvalue weighted by Gasteiger charge is 2.40. The molecule has 2 unspecified atom stereocenters. The lowest BCUT2D eigenvalue weighted by Crippen LogP contribution is -2.51. The summed E-state index contributed by atoms with van der Waals surface area (Å²) < 4.78 is 46.9. The molecule has 246 valence electrons. The molecule has 11 heteroatoms. The van der Waals surface area contributed by atoms with Crippen molar-refractivity contribution in [1.82, 2.24) is 14.9 Å². The zero-order valence-corrected chi connectivity index (χ0v) is 28.7. The lowest BCUT2D eigenvalue weighted by atomic mass is 9.72. The zero-order chi connectivity index (χ0) is 32.7. The number of nitrogens with one attached hydrogen (secondary N) is 1. The monoisotopic (exact) mass is 667 g/mol. The number of rotatable bonds is 1. The summed E-state index contributed by atoms with van der Waals surface area (Å²) in [5.41, 5.74) is 1.92. The molecule has 2 atom stereocenters. The molecule has 0 saturated carbocycles. The molecule has 8 bridgehead atoms. The van der Waals surface area contributed by atoms with Gasteiger partial charge in [-0.15, -0.1) is 0 Å². The Labute approximate surface area is 283 Å². The molecule has 2 aromatic rings. The predicted molar refractivity (Wildman–Crippen MR) is 188 cm³/mol. The molecule has 1 N–H and O–H groups in total. The van der Waals surface area contributed by atoms with Crippen LogP contribution in [0, 0.1) is 17.7 Å². The van der Waals surface area contributed by atoms with Gasteiger partial charge in [0.05, 0.1) is 23.8 Å². The third-order valence-corrected chi connectivity index (χ3v) is 12.0. The molecule has 1 aromatic carbocycles. The minimum Gasteiger partial charge on any atom is -0.365 e. The minimum atomic E-state index is -3.26. The molecule has 2 saturated heterocycles. The number of halogens is 3. The fourth-order valence-electron chi connectivity index (χ4n) is 7.70. The first-order chi connectivity index (χ1) is 21.9. The maximum absolute atomic E-state index is 15.8. The number of alkyl halides is 2. The number of aromatic nitrogens is 2. The van der Waals surface area contributed by atoms with Crippen LogP contribution in [-0.4, -0.2) is 57.6 Å². The molecule has 5 nitrogen and oxygen atoms in total. The number of nitrogens with zero attached hydrogens (tertiary/aromatic N) is 4. The maximum Gasteiger partial charge on any atom is 0.276 e. The van der Waals surface area contributed by atoms with Crippen molar-refractivity contribution in [2.24, 2.45) is 11.8 Å². The largest absolute Gasteiger partial charge is 0.365 e. The third-order valence-electron chi connectivity index (χ3n) is 10.6. The number of thioether (sulfide) groups is 1. The standard InChI is InChI=1S/C35H45BF3N5S2/c1-23-27(25-11-18-46-19-12-25)20-28-31-40-21-26-6-4-7-29(30(26)37)35(38,39)15-8-24-9-16-43(17-10-24)33(2,36)13-5-14-34(3,45)44(23)32(28)42-22-41-31/h4,6-7,20,22,24-25,45H,1,5,8-19,21H2,2-3H3,(H,40,41,42). The number of benzene rings is 1. The lowest BCUT2D eigenvalue weighted by molar-refractivity contribution is -0.0259. The van der Waals surface area contributed by atoms with Crippen molar-refractivity contribution in [2.45, 2.75) is 94.4 Å². The second kappa shape index (κ2) is 13.4. The molecule has 1 aromatic heterocycles. The Bertz CT molecular complexity index is 1470. The van der Waals surface area contributed by atoms with E-state index >= 15 is 13.2 Å². The summed E-state index contributed by atoms with van der Waals surface area (Å²) in [6.07, 6.45) is 9.64. The summed E-state index contributed by atoms with van der Waals surface area (Å²) in [5, 5.41) is 3.28. The van der Waals surface area contributed by atoms with Gasteiger partial charge in [-0.05, 0) is 112 Å². The molecule has 0 aliphatic carbocycles. The first kappa shape index (κ1) is 33.8. The molecule has 6 heterocycles. The van der Waals surface area contributed by atoms with Crippen molar-refractivity contribution >= 4 is 49.9 Å². The van der Waals surface area contributed by atoms with E-state index in [1.54, 1.807) is 6.07 Å². The van der Waals surface area contributed by atoms with E-state index in [1.807, 2.05) is 11.8 Å². The Morgan fingerprint density at radius 3 is 2.52 bits per heavy atom. The van der Waals surface area contributed by atoms with Crippen LogP contribution >= 0.6 is 24.4 Å². The molecular formula is C35H45BF3N5S2. The van der Waals surface area contributed by atoms with Crippen LogP contribution in [0.4, 0.5) is 24.8 Å². The van der Waals surface area contributed by atoms with Crippen molar-refractivity contribution < 1.29 is 13.2 Å². The minimum absolute atomic E-state index is 0.00901. The van der Waals surface area contributed by atoms with E-state index in [9.17, 15) is 0 Å². The third kappa shape index (κ3) is 6.88. The normalized spacial score (nSPS) is 31.0. The van der Waals surface area contributed by atoms with Crippen LogP contribution in [0.1, 0.15) is 88.3 Å². The average molecular weight is 668 g/mol. The van der Waals surface area contributed by atoms with Crippen molar-refractivity contribution in [3.05, 3.63) is 64.9 Å². The van der Waals surface area contributed by atoms with E-state index in [1.165, 1.54) is 18.5 Å². The molecule has 5 aliphatic rings. The summed E-state index contributed by atoms with van der Waals surface area (Å²) in [4.78, 5) is 13.1. The number of allylic oxidation sites excluding steroid dienone is 1. The van der Waals surface area contributed by atoms with Crippen molar-refractivity contribution in [2.75, 3.05) is 34.8 Å². The van der Waals surface area contributed by atoms with Crippen LogP contribution in [0.2, 0.25) is 0 Å². The second-order valence-electron chi connectivity index (χ2n) is 14.0. The van der Waals surface area contributed by atoms with Gasteiger partial charge in [-0.3, -0.25) is 0 Å². The number of hydrogen-bond acceptors (Lipinski definition) is 7. The summed E-state index contributed by atoms with van der Waals surface area (Å²) in [7, 11) is 6.92. The van der Waals surface area contributed by atoms with Crippen molar-refractivity contribution in [1.29, 1.82) is 0 Å². The van der Waals surface area contributed by atoms with Gasteiger partial charge >= 0.3 is 0 Å².